The van der Waals surface area contributed by atoms with Crippen molar-refractivity contribution in [2.75, 3.05) is 6.54 Å². The Labute approximate surface area is 105 Å². The van der Waals surface area contributed by atoms with Gasteiger partial charge < -0.3 is 0 Å². The van der Waals surface area contributed by atoms with E-state index in [0.717, 1.165) is 0 Å². The third-order valence-corrected chi connectivity index (χ3v) is 11.3. The summed E-state index contributed by atoms with van der Waals surface area (Å²) in [5, 5.41) is 0. The zero-order valence-electron chi connectivity index (χ0n) is 11.7. The first-order chi connectivity index (χ1) is 6.99. The summed E-state index contributed by atoms with van der Waals surface area (Å²) in [6, 6.07) is 1.41. The molecule has 0 unspecified atom stereocenters. The Hall–Kier alpha value is 0.830. The van der Waals surface area contributed by atoms with E-state index in [1.807, 2.05) is 0 Å². The van der Waals surface area contributed by atoms with Crippen LogP contribution < -0.4 is 0 Å². The van der Waals surface area contributed by atoms with E-state index in [0.29, 0.717) is 12.1 Å². The fraction of sp³-hybridized carbons (Fsp3) is 1.00. The van der Waals surface area contributed by atoms with E-state index in [-0.39, 0.29) is 0 Å². The summed E-state index contributed by atoms with van der Waals surface area (Å²) in [4.78, 5) is 2.62. The van der Waals surface area contributed by atoms with Crippen molar-refractivity contribution in [3.8, 4) is 0 Å². The average molecular weight is 315 g/mol. The molecule has 0 N–H and O–H groups in total. The fourth-order valence-electron chi connectivity index (χ4n) is 2.10. The van der Waals surface area contributed by atoms with Crippen molar-refractivity contribution in [1.29, 1.82) is 0 Å². The van der Waals surface area contributed by atoms with E-state index in [4.69, 9.17) is 0 Å². The minimum absolute atomic E-state index is 0.706. The SMILES string of the molecule is C[CH2][In]([CH3])[CH2]CCCN(C(C)C)C(C)C. The number of unbranched alkanes of at least 4 members (excludes halogenated alkanes) is 1. The van der Waals surface area contributed by atoms with E-state index < -0.39 is 21.4 Å². The van der Waals surface area contributed by atoms with Crippen molar-refractivity contribution in [3.05, 3.63) is 0 Å². The molecule has 0 aliphatic carbocycles. The monoisotopic (exact) mass is 315 g/mol. The molecule has 2 heteroatoms. The maximum atomic E-state index is 2.62. The van der Waals surface area contributed by atoms with E-state index in [1.165, 1.54) is 19.4 Å². The van der Waals surface area contributed by atoms with Gasteiger partial charge in [-0.15, -0.1) is 0 Å². The van der Waals surface area contributed by atoms with Gasteiger partial charge in [-0.25, -0.2) is 0 Å². The molecule has 90 valence electrons. The molecule has 0 aliphatic rings. The molecule has 0 rings (SSSR count). The molecule has 0 heterocycles. The fourth-order valence-corrected chi connectivity index (χ4v) is 6.08. The van der Waals surface area contributed by atoms with Crippen LogP contribution in [0.5, 0.6) is 0 Å². The second kappa shape index (κ2) is 8.92. The quantitative estimate of drug-likeness (QED) is 0.611. The Morgan fingerprint density at radius 1 is 1.00 bits per heavy atom. The average Bonchev–Trinajstić information content (AvgIpc) is 2.15. The van der Waals surface area contributed by atoms with Gasteiger partial charge in [0, 0.05) is 0 Å². The maximum absolute atomic E-state index is 2.62. The zero-order chi connectivity index (χ0) is 11.8. The van der Waals surface area contributed by atoms with Crippen LogP contribution in [0.4, 0.5) is 0 Å². The Morgan fingerprint density at radius 3 is 1.93 bits per heavy atom. The Morgan fingerprint density at radius 2 is 1.53 bits per heavy atom. The molecule has 0 aromatic rings. The van der Waals surface area contributed by atoms with Crippen molar-refractivity contribution in [1.82, 2.24) is 4.90 Å². The van der Waals surface area contributed by atoms with Crippen LogP contribution in [0.15, 0.2) is 0 Å². The molecule has 0 atom stereocenters. The van der Waals surface area contributed by atoms with E-state index in [9.17, 15) is 0 Å². The molecule has 0 fully saturated rings. The molecular weight excluding hydrogens is 285 g/mol. The summed E-state index contributed by atoms with van der Waals surface area (Å²) in [6.07, 6.45) is 2.90. The van der Waals surface area contributed by atoms with Crippen molar-refractivity contribution in [2.24, 2.45) is 0 Å². The number of nitrogens with zero attached hydrogens (tertiary/aromatic N) is 1. The third-order valence-electron chi connectivity index (χ3n) is 3.39. The summed E-state index contributed by atoms with van der Waals surface area (Å²) in [5.41, 5.74) is 0. The molecule has 0 aliphatic heterocycles. The molecular formula is C13H30InN. The third kappa shape index (κ3) is 7.68. The van der Waals surface area contributed by atoms with Gasteiger partial charge in [0.25, 0.3) is 0 Å². The number of hydrogen-bond acceptors (Lipinski definition) is 1. The summed E-state index contributed by atoms with van der Waals surface area (Å²) < 4.78 is 5.73. The summed E-state index contributed by atoms with van der Waals surface area (Å²) in [6.45, 7) is 12.9. The summed E-state index contributed by atoms with van der Waals surface area (Å²) in [7, 11) is 0. The second-order valence-corrected chi connectivity index (χ2v) is 15.7. The molecule has 0 bridgehead atoms. The van der Waals surface area contributed by atoms with Gasteiger partial charge in [0.15, 0.2) is 0 Å². The van der Waals surface area contributed by atoms with Crippen LogP contribution >= 0.6 is 0 Å². The minimum atomic E-state index is -0.939. The van der Waals surface area contributed by atoms with Crippen molar-refractivity contribution in [2.45, 2.75) is 72.6 Å². The van der Waals surface area contributed by atoms with Crippen molar-refractivity contribution < 1.29 is 0 Å². The Balaban J connectivity index is 3.63. The Kier molecular flexibility index (Phi) is 9.42. The van der Waals surface area contributed by atoms with Gasteiger partial charge in [-0.3, -0.25) is 0 Å². The van der Waals surface area contributed by atoms with Gasteiger partial charge in [0.1, 0.15) is 0 Å². The van der Waals surface area contributed by atoms with Gasteiger partial charge >= 0.3 is 105 Å². The standard InChI is InChI=1S/C10H22N.C2H5.CH3.In/c1-6-7-8-11(9(2)3)10(4)5;1-2;;/h9-10H,1,6-8H2,2-5H3;1H2,2H3;1H3;. The first-order valence-corrected chi connectivity index (χ1v) is 14.7. The summed E-state index contributed by atoms with van der Waals surface area (Å²) >= 11 is -0.939. The van der Waals surface area contributed by atoms with E-state index >= 15 is 0 Å². The van der Waals surface area contributed by atoms with Gasteiger partial charge in [0.2, 0.25) is 0 Å². The normalized spacial score (nSPS) is 11.8. The van der Waals surface area contributed by atoms with Crippen molar-refractivity contribution in [3.63, 3.8) is 0 Å². The van der Waals surface area contributed by atoms with Crippen LogP contribution in [0.3, 0.4) is 0 Å². The molecule has 15 heavy (non-hydrogen) atoms. The second-order valence-electron chi connectivity index (χ2n) is 5.43. The first kappa shape index (κ1) is 15.8. The molecule has 0 amide bonds. The van der Waals surface area contributed by atoms with E-state index in [2.05, 4.69) is 44.2 Å². The zero-order valence-corrected chi connectivity index (χ0v) is 15.0. The van der Waals surface area contributed by atoms with Gasteiger partial charge in [-0.1, -0.05) is 0 Å². The van der Waals surface area contributed by atoms with Gasteiger partial charge in [0.05, 0.1) is 0 Å². The summed E-state index contributed by atoms with van der Waals surface area (Å²) in [5.74, 6) is 0. The van der Waals surface area contributed by atoms with Crippen LogP contribution in [0.2, 0.25) is 13.0 Å². The first-order valence-electron chi connectivity index (χ1n) is 6.74. The van der Waals surface area contributed by atoms with Gasteiger partial charge in [-0.2, -0.15) is 0 Å². The predicted molar refractivity (Wildman–Crippen MR) is 73.1 cm³/mol. The molecule has 0 aromatic heterocycles. The van der Waals surface area contributed by atoms with Gasteiger partial charge in [-0.05, 0) is 0 Å². The van der Waals surface area contributed by atoms with Crippen LogP contribution in [-0.2, 0) is 0 Å². The van der Waals surface area contributed by atoms with Crippen molar-refractivity contribution >= 4 is 21.4 Å². The topological polar surface area (TPSA) is 3.24 Å². The molecule has 0 radical (unpaired) electrons. The number of hydrogen-bond donors (Lipinski definition) is 0. The van der Waals surface area contributed by atoms with Crippen LogP contribution in [0.25, 0.3) is 0 Å². The van der Waals surface area contributed by atoms with Crippen LogP contribution in [-0.4, -0.2) is 45.0 Å². The molecule has 1 nitrogen and oxygen atoms in total. The molecule has 0 saturated heterocycles. The predicted octanol–water partition coefficient (Wildman–Crippen LogP) is 4.03. The molecule has 0 aromatic carbocycles. The molecule has 0 spiro atoms. The molecule has 0 saturated carbocycles. The van der Waals surface area contributed by atoms with Crippen LogP contribution in [0, 0.1) is 0 Å². The van der Waals surface area contributed by atoms with Crippen LogP contribution in [0.1, 0.15) is 47.5 Å². The Bertz CT molecular complexity index is 137. The number of rotatable bonds is 8. The van der Waals surface area contributed by atoms with E-state index in [1.54, 1.807) is 8.35 Å².